The first-order chi connectivity index (χ1) is 4.34. The smallest absolute Gasteiger partial charge is 0.124 e. The third kappa shape index (κ3) is 1.26. The molecule has 1 heterocycles. The molecular weight excluding hydrogens is 123 g/mol. The van der Waals surface area contributed by atoms with Crippen molar-refractivity contribution in [2.24, 2.45) is 0 Å². The second-order valence-electron chi connectivity index (χ2n) is 1.68. The number of halogens is 1. The Morgan fingerprint density at radius 1 is 1.89 bits per heavy atom. The zero-order chi connectivity index (χ0) is 6.69. The molecule has 4 heteroatoms. The molecule has 0 amide bonds. The van der Waals surface area contributed by atoms with Crippen molar-refractivity contribution in [3.05, 3.63) is 18.2 Å². The minimum Gasteiger partial charge on any atom is -0.384 e. The molecule has 0 aliphatic carbocycles. The van der Waals surface area contributed by atoms with Crippen molar-refractivity contribution in [3.8, 4) is 0 Å². The lowest BCUT2D eigenvalue weighted by molar-refractivity contribution is 0.138. The summed E-state index contributed by atoms with van der Waals surface area (Å²) in [5.74, 6) is 0. The van der Waals surface area contributed by atoms with Gasteiger partial charge in [-0.1, -0.05) is 0 Å². The van der Waals surface area contributed by atoms with Gasteiger partial charge in [-0.15, -0.1) is 0 Å². The zero-order valence-electron chi connectivity index (χ0n) is 4.71. The van der Waals surface area contributed by atoms with E-state index in [-0.39, 0.29) is 0 Å². The Morgan fingerprint density at radius 2 is 2.67 bits per heavy atom. The Labute approximate surface area is 51.5 Å². The Morgan fingerprint density at radius 3 is 3.11 bits per heavy atom. The predicted molar refractivity (Wildman–Crippen MR) is 29.5 cm³/mol. The third-order valence-electron chi connectivity index (χ3n) is 1.02. The normalized spacial score (nSPS) is 13.6. The van der Waals surface area contributed by atoms with Gasteiger partial charge in [0.05, 0.1) is 18.2 Å². The number of imidazole rings is 1. The minimum absolute atomic E-state index is 0.414. The van der Waals surface area contributed by atoms with E-state index in [1.807, 2.05) is 0 Å². The standard InChI is InChI=1S/C5H7FN2O/c6-1-5(9)4-2-7-3-8-4/h2-3,5,9H,1H2,(H,7,8). The van der Waals surface area contributed by atoms with Crippen molar-refractivity contribution in [2.45, 2.75) is 6.10 Å². The number of alkyl halides is 1. The van der Waals surface area contributed by atoms with Crippen LogP contribution < -0.4 is 0 Å². The third-order valence-corrected chi connectivity index (χ3v) is 1.02. The first-order valence-electron chi connectivity index (χ1n) is 2.57. The molecule has 9 heavy (non-hydrogen) atoms. The molecule has 0 bridgehead atoms. The van der Waals surface area contributed by atoms with E-state index in [2.05, 4.69) is 9.97 Å². The van der Waals surface area contributed by atoms with Crippen LogP contribution in [0.25, 0.3) is 0 Å². The fourth-order valence-corrected chi connectivity index (χ4v) is 0.532. The van der Waals surface area contributed by atoms with Crippen LogP contribution in [0.3, 0.4) is 0 Å². The second kappa shape index (κ2) is 2.59. The van der Waals surface area contributed by atoms with Gasteiger partial charge in [0.1, 0.15) is 12.8 Å². The van der Waals surface area contributed by atoms with Crippen LogP contribution in [0.15, 0.2) is 12.5 Å². The Balaban J connectivity index is 2.65. The summed E-state index contributed by atoms with van der Waals surface area (Å²) >= 11 is 0. The summed E-state index contributed by atoms with van der Waals surface area (Å²) in [6, 6.07) is 0. The van der Waals surface area contributed by atoms with Crippen molar-refractivity contribution >= 4 is 0 Å². The molecule has 50 valence electrons. The number of nitrogens with zero attached hydrogens (tertiary/aromatic N) is 1. The lowest BCUT2D eigenvalue weighted by Gasteiger charge is -1.98. The molecule has 0 saturated heterocycles. The summed E-state index contributed by atoms with van der Waals surface area (Å²) in [5.41, 5.74) is 0.414. The number of hydrogen-bond acceptors (Lipinski definition) is 2. The quantitative estimate of drug-likeness (QED) is 0.609. The van der Waals surface area contributed by atoms with Crippen LogP contribution >= 0.6 is 0 Å². The highest BCUT2D eigenvalue weighted by molar-refractivity contribution is 4.98. The monoisotopic (exact) mass is 130 g/mol. The van der Waals surface area contributed by atoms with Gasteiger partial charge in [-0.3, -0.25) is 0 Å². The van der Waals surface area contributed by atoms with Crippen molar-refractivity contribution in [1.29, 1.82) is 0 Å². The highest BCUT2D eigenvalue weighted by Gasteiger charge is 2.05. The molecule has 0 aliphatic rings. The molecule has 1 unspecified atom stereocenters. The topological polar surface area (TPSA) is 48.9 Å². The first-order valence-corrected chi connectivity index (χ1v) is 2.57. The van der Waals surface area contributed by atoms with E-state index in [0.29, 0.717) is 5.69 Å². The predicted octanol–water partition coefficient (Wildman–Crippen LogP) is 0.413. The molecule has 1 atom stereocenters. The molecule has 0 radical (unpaired) electrons. The second-order valence-corrected chi connectivity index (χ2v) is 1.68. The summed E-state index contributed by atoms with van der Waals surface area (Å²) in [4.78, 5) is 6.20. The number of H-pyrrole nitrogens is 1. The molecule has 0 saturated carbocycles. The molecule has 0 fully saturated rings. The van der Waals surface area contributed by atoms with Gasteiger partial charge >= 0.3 is 0 Å². The van der Waals surface area contributed by atoms with E-state index < -0.39 is 12.8 Å². The van der Waals surface area contributed by atoms with Gasteiger partial charge < -0.3 is 10.1 Å². The van der Waals surface area contributed by atoms with E-state index in [1.54, 1.807) is 0 Å². The fourth-order valence-electron chi connectivity index (χ4n) is 0.532. The summed E-state index contributed by atoms with van der Waals surface area (Å²) in [7, 11) is 0. The fraction of sp³-hybridized carbons (Fsp3) is 0.400. The van der Waals surface area contributed by atoms with Gasteiger partial charge in [0.2, 0.25) is 0 Å². The first kappa shape index (κ1) is 6.22. The lowest BCUT2D eigenvalue weighted by Crippen LogP contribution is -1.98. The van der Waals surface area contributed by atoms with Crippen LogP contribution in [0.4, 0.5) is 4.39 Å². The number of hydrogen-bond donors (Lipinski definition) is 2. The van der Waals surface area contributed by atoms with Crippen LogP contribution in [-0.2, 0) is 0 Å². The summed E-state index contributed by atoms with van der Waals surface area (Å²) < 4.78 is 11.7. The largest absolute Gasteiger partial charge is 0.384 e. The van der Waals surface area contributed by atoms with Crippen molar-refractivity contribution in [3.63, 3.8) is 0 Å². The van der Waals surface area contributed by atoms with Gasteiger partial charge in [0.15, 0.2) is 0 Å². The van der Waals surface area contributed by atoms with Gasteiger partial charge in [-0.2, -0.15) is 0 Å². The van der Waals surface area contributed by atoms with Gasteiger partial charge in [-0.05, 0) is 0 Å². The van der Waals surface area contributed by atoms with Crippen LogP contribution in [0.5, 0.6) is 0 Å². The van der Waals surface area contributed by atoms with E-state index in [9.17, 15) is 4.39 Å². The van der Waals surface area contributed by atoms with E-state index in [4.69, 9.17) is 5.11 Å². The average Bonchev–Trinajstić information content (AvgIpc) is 2.37. The Bertz CT molecular complexity index is 163. The molecule has 1 aromatic rings. The summed E-state index contributed by atoms with van der Waals surface area (Å²) in [5, 5.41) is 8.77. The summed E-state index contributed by atoms with van der Waals surface area (Å²) in [6.45, 7) is -0.776. The van der Waals surface area contributed by atoms with Crippen LogP contribution in [0.2, 0.25) is 0 Å². The van der Waals surface area contributed by atoms with Crippen LogP contribution in [0, 0.1) is 0 Å². The average molecular weight is 130 g/mol. The van der Waals surface area contributed by atoms with Gasteiger partial charge in [0.25, 0.3) is 0 Å². The summed E-state index contributed by atoms with van der Waals surface area (Å²) in [6.07, 6.45) is 1.74. The molecule has 0 spiro atoms. The maximum absolute atomic E-state index is 11.7. The van der Waals surface area contributed by atoms with Crippen LogP contribution in [0.1, 0.15) is 11.8 Å². The highest BCUT2D eigenvalue weighted by Crippen LogP contribution is 2.06. The van der Waals surface area contributed by atoms with E-state index in [1.165, 1.54) is 12.5 Å². The minimum atomic E-state index is -1.05. The van der Waals surface area contributed by atoms with E-state index >= 15 is 0 Å². The number of aromatic amines is 1. The SMILES string of the molecule is OC(CF)c1cnc[nH]1. The maximum Gasteiger partial charge on any atom is 0.124 e. The lowest BCUT2D eigenvalue weighted by atomic mass is 10.3. The number of aliphatic hydroxyl groups excluding tert-OH is 1. The molecule has 0 aliphatic heterocycles. The molecule has 2 N–H and O–H groups in total. The number of aromatic nitrogens is 2. The number of aliphatic hydroxyl groups is 1. The van der Waals surface area contributed by atoms with Gasteiger partial charge in [0, 0.05) is 0 Å². The zero-order valence-corrected chi connectivity index (χ0v) is 4.71. The Hall–Kier alpha value is -0.900. The molecule has 1 aromatic heterocycles. The number of nitrogens with one attached hydrogen (secondary N) is 1. The maximum atomic E-state index is 11.7. The van der Waals surface area contributed by atoms with Crippen molar-refractivity contribution < 1.29 is 9.50 Å². The molecule has 3 nitrogen and oxygen atoms in total. The van der Waals surface area contributed by atoms with Crippen molar-refractivity contribution in [1.82, 2.24) is 9.97 Å². The molecular formula is C5H7FN2O. The molecule has 1 rings (SSSR count). The van der Waals surface area contributed by atoms with Crippen LogP contribution in [-0.4, -0.2) is 21.7 Å². The highest BCUT2D eigenvalue weighted by atomic mass is 19.1. The van der Waals surface area contributed by atoms with Gasteiger partial charge in [-0.25, -0.2) is 9.37 Å². The van der Waals surface area contributed by atoms with Crippen molar-refractivity contribution in [2.75, 3.05) is 6.67 Å². The Kier molecular flexibility index (Phi) is 1.79. The van der Waals surface area contributed by atoms with E-state index in [0.717, 1.165) is 0 Å². The molecule has 0 aromatic carbocycles. The number of rotatable bonds is 2.